The standard InChI is InChI=1S/C41H40N6O7/c1-44-21-31(27-10-13-42-20-30(27)38(44)50)26-18-34(53-2)32(35(19-26)54-3)22-46-23-41(24-46)11-15-45(16-12-41)14-4-5-25-6-7-28-29(17-25)40(52)47(39(28)51)33-8-9-36(48)43-37(33)49/h6-7,10,13,17-21,33H,8-9,11-12,14-16,22-24H2,1-3H3,(H,43,48,49). The zero-order valence-electron chi connectivity index (χ0n) is 30.4. The summed E-state index contributed by atoms with van der Waals surface area (Å²) >= 11 is 0. The molecule has 54 heavy (non-hydrogen) atoms. The van der Waals surface area contributed by atoms with E-state index in [4.69, 9.17) is 9.47 Å². The molecule has 3 fully saturated rings. The van der Waals surface area contributed by atoms with Crippen LogP contribution in [-0.2, 0) is 23.2 Å². The number of nitrogens with one attached hydrogen (secondary N) is 1. The van der Waals surface area contributed by atoms with E-state index in [-0.39, 0.29) is 34.9 Å². The average Bonchev–Trinajstić information content (AvgIpc) is 3.41. The summed E-state index contributed by atoms with van der Waals surface area (Å²) in [5.74, 6) is 5.77. The molecular weight excluding hydrogens is 688 g/mol. The van der Waals surface area contributed by atoms with Crippen molar-refractivity contribution in [3.8, 4) is 34.5 Å². The maximum absolute atomic E-state index is 13.2. The lowest BCUT2D eigenvalue weighted by atomic mass is 9.72. The van der Waals surface area contributed by atoms with Gasteiger partial charge in [0.1, 0.15) is 17.5 Å². The Morgan fingerprint density at radius 2 is 1.61 bits per heavy atom. The first-order valence-corrected chi connectivity index (χ1v) is 18.1. The number of rotatable bonds is 7. The van der Waals surface area contributed by atoms with E-state index in [2.05, 4.69) is 31.9 Å². The minimum absolute atomic E-state index is 0.0771. The Balaban J connectivity index is 0.878. The Morgan fingerprint density at radius 3 is 2.31 bits per heavy atom. The van der Waals surface area contributed by atoms with Crippen molar-refractivity contribution < 1.29 is 28.7 Å². The van der Waals surface area contributed by atoms with Crippen LogP contribution in [0.25, 0.3) is 21.9 Å². The molecule has 4 aliphatic rings. The summed E-state index contributed by atoms with van der Waals surface area (Å²) in [5.41, 5.74) is 4.04. The fourth-order valence-electron chi connectivity index (χ4n) is 8.38. The molecule has 1 atom stereocenters. The molecule has 4 aromatic rings. The lowest BCUT2D eigenvalue weighted by Gasteiger charge is -2.54. The molecule has 13 nitrogen and oxygen atoms in total. The van der Waals surface area contributed by atoms with Gasteiger partial charge in [-0.2, -0.15) is 0 Å². The minimum Gasteiger partial charge on any atom is -0.496 e. The first-order valence-electron chi connectivity index (χ1n) is 18.1. The van der Waals surface area contributed by atoms with Gasteiger partial charge in [0.2, 0.25) is 11.8 Å². The predicted octanol–water partition coefficient (Wildman–Crippen LogP) is 2.97. The van der Waals surface area contributed by atoms with Crippen molar-refractivity contribution in [2.45, 2.75) is 38.3 Å². The molecule has 8 rings (SSSR count). The highest BCUT2D eigenvalue weighted by molar-refractivity contribution is 6.23. The molecule has 0 saturated carbocycles. The third-order valence-corrected chi connectivity index (χ3v) is 11.3. The Bertz CT molecular complexity index is 2330. The van der Waals surface area contributed by atoms with Crippen LogP contribution in [0.5, 0.6) is 11.5 Å². The zero-order valence-corrected chi connectivity index (χ0v) is 30.4. The van der Waals surface area contributed by atoms with Crippen molar-refractivity contribution in [2.75, 3.05) is 46.9 Å². The van der Waals surface area contributed by atoms with E-state index in [9.17, 15) is 24.0 Å². The first kappa shape index (κ1) is 35.2. The number of nitrogens with zero attached hydrogens (tertiary/aromatic N) is 5. The number of fused-ring (bicyclic) bond motifs is 2. The smallest absolute Gasteiger partial charge is 0.262 e. The third kappa shape index (κ3) is 6.21. The number of carbonyl (C=O) groups excluding carboxylic acids is 4. The summed E-state index contributed by atoms with van der Waals surface area (Å²) < 4.78 is 13.4. The van der Waals surface area contributed by atoms with Gasteiger partial charge in [-0.25, -0.2) is 0 Å². The van der Waals surface area contributed by atoms with Crippen LogP contribution in [0.1, 0.15) is 57.5 Å². The fourth-order valence-corrected chi connectivity index (χ4v) is 8.38. The molecule has 4 aliphatic heterocycles. The van der Waals surface area contributed by atoms with Gasteiger partial charge in [-0.05, 0) is 85.1 Å². The number of ether oxygens (including phenoxy) is 2. The summed E-state index contributed by atoms with van der Waals surface area (Å²) in [4.78, 5) is 72.8. The van der Waals surface area contributed by atoms with E-state index in [1.165, 1.54) is 0 Å². The van der Waals surface area contributed by atoms with Gasteiger partial charge in [0.25, 0.3) is 17.4 Å². The topological polar surface area (TPSA) is 143 Å². The fraction of sp³-hybridized carbons (Fsp3) is 0.366. The number of carbonyl (C=O) groups is 4. The molecule has 4 amide bonds. The second-order valence-corrected chi connectivity index (χ2v) is 14.7. The number of aryl methyl sites for hydroxylation is 1. The normalized spacial score (nSPS) is 19.7. The van der Waals surface area contributed by atoms with E-state index >= 15 is 0 Å². The molecule has 1 spiro atoms. The number of hydrogen-bond donors (Lipinski definition) is 1. The molecule has 1 N–H and O–H groups in total. The van der Waals surface area contributed by atoms with Crippen LogP contribution in [-0.4, -0.2) is 101 Å². The van der Waals surface area contributed by atoms with Crippen LogP contribution in [0.4, 0.5) is 0 Å². The Hall–Kier alpha value is -5.84. The van der Waals surface area contributed by atoms with Gasteiger partial charge < -0.3 is 14.0 Å². The van der Waals surface area contributed by atoms with Crippen molar-refractivity contribution in [1.29, 1.82) is 0 Å². The molecule has 1 unspecified atom stereocenters. The molecule has 0 bridgehead atoms. The van der Waals surface area contributed by atoms with E-state index in [1.54, 1.807) is 56.4 Å². The van der Waals surface area contributed by atoms with Gasteiger partial charge in [0.05, 0.1) is 42.8 Å². The van der Waals surface area contributed by atoms with Gasteiger partial charge in [-0.1, -0.05) is 11.8 Å². The molecule has 0 aliphatic carbocycles. The van der Waals surface area contributed by atoms with Crippen LogP contribution >= 0.6 is 0 Å². The first-order chi connectivity index (χ1) is 26.1. The molecule has 13 heteroatoms. The number of amides is 4. The van der Waals surface area contributed by atoms with Crippen LogP contribution in [0.3, 0.4) is 0 Å². The number of pyridine rings is 2. The van der Waals surface area contributed by atoms with E-state index < -0.39 is 29.7 Å². The highest BCUT2D eigenvalue weighted by atomic mass is 16.5. The Kier molecular flexibility index (Phi) is 9.03. The van der Waals surface area contributed by atoms with Gasteiger partial charge in [0, 0.05) is 62.8 Å². The van der Waals surface area contributed by atoms with Crippen molar-refractivity contribution in [3.05, 3.63) is 87.6 Å². The second kappa shape index (κ2) is 13.9. The molecule has 0 radical (unpaired) electrons. The molecule has 2 aromatic carbocycles. The zero-order chi connectivity index (χ0) is 37.7. The van der Waals surface area contributed by atoms with Crippen molar-refractivity contribution >= 4 is 34.4 Å². The van der Waals surface area contributed by atoms with Crippen molar-refractivity contribution in [1.82, 2.24) is 29.6 Å². The summed E-state index contributed by atoms with van der Waals surface area (Å²) in [7, 11) is 5.08. The Labute approximate surface area is 311 Å². The molecular formula is C41H40N6O7. The molecule has 2 aromatic heterocycles. The van der Waals surface area contributed by atoms with E-state index in [0.717, 1.165) is 77.5 Å². The number of methoxy groups -OCH3 is 2. The maximum atomic E-state index is 13.2. The highest BCUT2D eigenvalue weighted by Gasteiger charge is 2.46. The predicted molar refractivity (Wildman–Crippen MR) is 199 cm³/mol. The summed E-state index contributed by atoms with van der Waals surface area (Å²) in [6, 6.07) is 9.83. The highest BCUT2D eigenvalue weighted by Crippen LogP contribution is 2.44. The van der Waals surface area contributed by atoms with Gasteiger partial charge in [-0.15, -0.1) is 0 Å². The summed E-state index contributed by atoms with van der Waals surface area (Å²) in [5, 5.41) is 3.60. The van der Waals surface area contributed by atoms with Gasteiger partial charge in [0.15, 0.2) is 0 Å². The Morgan fingerprint density at radius 1 is 0.889 bits per heavy atom. The van der Waals surface area contributed by atoms with Crippen LogP contribution in [0.15, 0.2) is 59.8 Å². The van der Waals surface area contributed by atoms with Crippen LogP contribution in [0, 0.1) is 17.3 Å². The number of aromatic nitrogens is 2. The van der Waals surface area contributed by atoms with Crippen LogP contribution < -0.4 is 20.3 Å². The summed E-state index contributed by atoms with van der Waals surface area (Å²) in [6.07, 6.45) is 7.47. The van der Waals surface area contributed by atoms with Crippen LogP contribution in [0.2, 0.25) is 0 Å². The number of piperidine rings is 2. The quantitative estimate of drug-likeness (QED) is 0.223. The third-order valence-electron chi connectivity index (χ3n) is 11.3. The average molecular weight is 729 g/mol. The van der Waals surface area contributed by atoms with Crippen molar-refractivity contribution in [2.24, 2.45) is 12.5 Å². The minimum atomic E-state index is -0.994. The van der Waals surface area contributed by atoms with Gasteiger partial charge in [-0.3, -0.25) is 49.0 Å². The SMILES string of the molecule is COc1cc(-c2cn(C)c(=O)c3cnccc23)cc(OC)c1CN1CC2(CCN(CC#Cc3ccc4c(c3)C(=O)N(C3CCC(=O)NC3=O)C4=O)CC2)C1. The maximum Gasteiger partial charge on any atom is 0.262 e. The second-order valence-electron chi connectivity index (χ2n) is 14.7. The van der Waals surface area contributed by atoms with E-state index in [0.29, 0.717) is 24.0 Å². The van der Waals surface area contributed by atoms with E-state index in [1.807, 2.05) is 24.4 Å². The number of benzene rings is 2. The molecule has 3 saturated heterocycles. The lowest BCUT2D eigenvalue weighted by Crippen LogP contribution is -2.59. The molecule has 276 valence electrons. The number of hydrogen-bond acceptors (Lipinski definition) is 10. The monoisotopic (exact) mass is 728 g/mol. The molecule has 6 heterocycles. The largest absolute Gasteiger partial charge is 0.496 e. The van der Waals surface area contributed by atoms with Gasteiger partial charge >= 0.3 is 0 Å². The number of likely N-dealkylation sites (tertiary alicyclic amines) is 2. The summed E-state index contributed by atoms with van der Waals surface area (Å²) in [6.45, 7) is 5.12. The van der Waals surface area contributed by atoms with Crippen molar-refractivity contribution in [3.63, 3.8) is 0 Å². The number of imide groups is 2. The lowest BCUT2D eigenvalue weighted by molar-refractivity contribution is -0.136.